The fourth-order valence-electron chi connectivity index (χ4n) is 4.14. The number of ether oxygens (including phenoxy) is 1. The number of nitrogens with zero attached hydrogens (tertiary/aromatic N) is 4. The molecule has 33 heavy (non-hydrogen) atoms. The molecule has 0 spiro atoms. The van der Waals surface area contributed by atoms with Crippen LogP contribution in [0, 0.1) is 19.7 Å². The Balaban J connectivity index is 1.35. The maximum atomic E-state index is 13.7. The van der Waals surface area contributed by atoms with E-state index >= 15 is 0 Å². The lowest BCUT2D eigenvalue weighted by Gasteiger charge is -2.32. The Kier molecular flexibility index (Phi) is 5.33. The van der Waals surface area contributed by atoms with Gasteiger partial charge in [-0.3, -0.25) is 9.48 Å². The number of anilines is 2. The Bertz CT molecular complexity index is 1320. The molecule has 170 valence electrons. The summed E-state index contributed by atoms with van der Waals surface area (Å²) in [4.78, 5) is 22.9. The third-order valence-electron chi connectivity index (χ3n) is 6.06. The normalized spacial score (nSPS) is 16.4. The molecule has 2 N–H and O–H groups in total. The van der Waals surface area contributed by atoms with Crippen LogP contribution in [-0.4, -0.2) is 50.3 Å². The van der Waals surface area contributed by atoms with Gasteiger partial charge in [-0.25, -0.2) is 9.37 Å². The molecule has 1 aromatic carbocycles. The minimum atomic E-state index is -0.350. The number of halogens is 1. The van der Waals surface area contributed by atoms with Crippen LogP contribution in [0.1, 0.15) is 33.5 Å². The van der Waals surface area contributed by atoms with Crippen LogP contribution in [0.3, 0.4) is 0 Å². The zero-order valence-corrected chi connectivity index (χ0v) is 18.7. The Labute approximate surface area is 190 Å². The smallest absolute Gasteiger partial charge is 0.270 e. The number of morpholine rings is 1. The fraction of sp³-hybridized carbons (Fsp3) is 0.292. The summed E-state index contributed by atoms with van der Waals surface area (Å²) >= 11 is 0. The molecule has 4 heterocycles. The van der Waals surface area contributed by atoms with Crippen LogP contribution in [0.15, 0.2) is 42.5 Å². The molecular formula is C24H25FN6O2. The van der Waals surface area contributed by atoms with Crippen LogP contribution in [0.5, 0.6) is 0 Å². The van der Waals surface area contributed by atoms with Gasteiger partial charge in [0.1, 0.15) is 23.4 Å². The number of H-pyrrole nitrogens is 1. The highest BCUT2D eigenvalue weighted by Crippen LogP contribution is 2.27. The van der Waals surface area contributed by atoms with Gasteiger partial charge in [0, 0.05) is 36.3 Å². The summed E-state index contributed by atoms with van der Waals surface area (Å²) in [6.07, 6.45) is -0.350. The molecule has 3 aromatic heterocycles. The minimum Gasteiger partial charge on any atom is -0.368 e. The zero-order valence-electron chi connectivity index (χ0n) is 18.7. The van der Waals surface area contributed by atoms with E-state index in [2.05, 4.69) is 20.4 Å². The van der Waals surface area contributed by atoms with E-state index in [4.69, 9.17) is 4.74 Å². The lowest BCUT2D eigenvalue weighted by Crippen LogP contribution is -2.42. The van der Waals surface area contributed by atoms with Crippen molar-refractivity contribution in [2.45, 2.75) is 20.0 Å². The van der Waals surface area contributed by atoms with Crippen molar-refractivity contribution >= 4 is 28.4 Å². The van der Waals surface area contributed by atoms with E-state index in [1.807, 2.05) is 45.2 Å². The van der Waals surface area contributed by atoms with Gasteiger partial charge in [-0.1, -0.05) is 6.07 Å². The largest absolute Gasteiger partial charge is 0.368 e. The van der Waals surface area contributed by atoms with Crippen molar-refractivity contribution in [2.75, 3.05) is 25.0 Å². The number of amides is 1. The molecule has 0 unspecified atom stereocenters. The van der Waals surface area contributed by atoms with Crippen LogP contribution < -0.4 is 5.32 Å². The molecule has 5 rings (SSSR count). The number of nitrogens with one attached hydrogen (secondary N) is 2. The number of rotatable bonds is 4. The van der Waals surface area contributed by atoms with Gasteiger partial charge < -0.3 is 19.9 Å². The van der Waals surface area contributed by atoms with E-state index < -0.39 is 0 Å². The molecule has 1 atom stereocenters. The summed E-state index contributed by atoms with van der Waals surface area (Å²) in [5.74, 6) is 0.920. The lowest BCUT2D eigenvalue weighted by atomic mass is 10.1. The van der Waals surface area contributed by atoms with Gasteiger partial charge in [-0.05, 0) is 49.7 Å². The molecule has 0 aliphatic carbocycles. The van der Waals surface area contributed by atoms with Crippen molar-refractivity contribution in [1.29, 1.82) is 0 Å². The Hall–Kier alpha value is -3.72. The molecule has 0 bridgehead atoms. The van der Waals surface area contributed by atoms with Gasteiger partial charge in [0.05, 0.1) is 18.8 Å². The number of aryl methyl sites for hydroxylation is 3. The van der Waals surface area contributed by atoms with Gasteiger partial charge >= 0.3 is 0 Å². The van der Waals surface area contributed by atoms with E-state index in [0.717, 1.165) is 22.5 Å². The molecule has 1 saturated heterocycles. The second kappa shape index (κ2) is 8.32. The Morgan fingerprint density at radius 3 is 2.85 bits per heavy atom. The second-order valence-electron chi connectivity index (χ2n) is 8.29. The minimum absolute atomic E-state index is 0.129. The van der Waals surface area contributed by atoms with Gasteiger partial charge in [0.15, 0.2) is 5.82 Å². The van der Waals surface area contributed by atoms with Crippen molar-refractivity contribution in [2.24, 2.45) is 7.05 Å². The highest BCUT2D eigenvalue weighted by atomic mass is 19.1. The monoisotopic (exact) mass is 448 g/mol. The van der Waals surface area contributed by atoms with Gasteiger partial charge in [0.25, 0.3) is 5.91 Å². The molecule has 1 aliphatic rings. The average molecular weight is 449 g/mol. The molecule has 0 radical (unpaired) electrons. The quantitative estimate of drug-likeness (QED) is 0.493. The SMILES string of the molecule is Cc1c(C(=O)N2CCO[C@H](c3cccc(Nc4cc(C)n(C)n4)n3)C2)[nH]c2ccc(F)cc12. The van der Waals surface area contributed by atoms with Crippen molar-refractivity contribution in [3.63, 3.8) is 0 Å². The topological polar surface area (TPSA) is 88.1 Å². The van der Waals surface area contributed by atoms with Gasteiger partial charge in [-0.15, -0.1) is 0 Å². The van der Waals surface area contributed by atoms with Crippen molar-refractivity contribution in [1.82, 2.24) is 24.6 Å². The Morgan fingerprint density at radius 2 is 2.06 bits per heavy atom. The van der Waals surface area contributed by atoms with Crippen molar-refractivity contribution in [3.05, 3.63) is 70.9 Å². The first-order valence-electron chi connectivity index (χ1n) is 10.8. The van der Waals surface area contributed by atoms with Crippen LogP contribution >= 0.6 is 0 Å². The first-order chi connectivity index (χ1) is 15.9. The molecule has 1 fully saturated rings. The van der Waals surface area contributed by atoms with E-state index in [-0.39, 0.29) is 17.8 Å². The number of pyridine rings is 1. The van der Waals surface area contributed by atoms with E-state index in [1.165, 1.54) is 12.1 Å². The summed E-state index contributed by atoms with van der Waals surface area (Å²) in [6, 6.07) is 12.1. The molecule has 1 aliphatic heterocycles. The molecule has 8 nitrogen and oxygen atoms in total. The summed E-state index contributed by atoms with van der Waals surface area (Å²) in [5, 5.41) is 8.34. The number of benzene rings is 1. The number of hydrogen-bond donors (Lipinski definition) is 2. The lowest BCUT2D eigenvalue weighted by molar-refractivity contribution is -0.0248. The molecule has 0 saturated carbocycles. The highest BCUT2D eigenvalue weighted by molar-refractivity contribution is 6.01. The van der Waals surface area contributed by atoms with E-state index in [9.17, 15) is 9.18 Å². The fourth-order valence-corrected chi connectivity index (χ4v) is 4.14. The molecule has 4 aromatic rings. The number of aromatic amines is 1. The highest BCUT2D eigenvalue weighted by Gasteiger charge is 2.29. The van der Waals surface area contributed by atoms with E-state index in [1.54, 1.807) is 15.6 Å². The third-order valence-corrected chi connectivity index (χ3v) is 6.06. The zero-order chi connectivity index (χ0) is 23.1. The summed E-state index contributed by atoms with van der Waals surface area (Å²) in [6.45, 7) is 5.07. The van der Waals surface area contributed by atoms with Crippen LogP contribution in [0.4, 0.5) is 16.0 Å². The predicted molar refractivity (Wildman–Crippen MR) is 123 cm³/mol. The molecule has 9 heteroatoms. The predicted octanol–water partition coefficient (Wildman–Crippen LogP) is 4.01. The number of hydrogen-bond acceptors (Lipinski definition) is 5. The van der Waals surface area contributed by atoms with Crippen molar-refractivity contribution in [3.8, 4) is 0 Å². The first kappa shape index (κ1) is 21.1. The van der Waals surface area contributed by atoms with Gasteiger partial charge in [0.2, 0.25) is 0 Å². The first-order valence-corrected chi connectivity index (χ1v) is 10.8. The Morgan fingerprint density at radius 1 is 1.21 bits per heavy atom. The maximum Gasteiger partial charge on any atom is 0.270 e. The summed E-state index contributed by atoms with van der Waals surface area (Å²) in [5.41, 5.74) is 3.74. The standard InChI is InChI=1S/C24H25FN6O2/c1-14-11-22(29-30(14)3)28-21-6-4-5-19(26-21)20-13-31(9-10-33-20)24(32)23-15(2)17-12-16(25)7-8-18(17)27-23/h4-8,11-12,20,27H,9-10,13H2,1-3H3,(H,26,28,29)/t20-/m0/s1. The number of fused-ring (bicyclic) bond motifs is 1. The van der Waals surface area contributed by atoms with Crippen LogP contribution in [-0.2, 0) is 11.8 Å². The number of carbonyl (C=O) groups is 1. The molecule has 1 amide bonds. The summed E-state index contributed by atoms with van der Waals surface area (Å²) in [7, 11) is 1.89. The van der Waals surface area contributed by atoms with E-state index in [0.29, 0.717) is 42.4 Å². The van der Waals surface area contributed by atoms with Gasteiger partial charge in [-0.2, -0.15) is 5.10 Å². The number of aromatic nitrogens is 4. The summed E-state index contributed by atoms with van der Waals surface area (Å²) < 4.78 is 21.4. The molecular weight excluding hydrogens is 423 g/mol. The third kappa shape index (κ3) is 4.07. The van der Waals surface area contributed by atoms with Crippen molar-refractivity contribution < 1.29 is 13.9 Å². The van der Waals surface area contributed by atoms with Crippen LogP contribution in [0.25, 0.3) is 10.9 Å². The second-order valence-corrected chi connectivity index (χ2v) is 8.29. The number of carbonyl (C=O) groups excluding carboxylic acids is 1. The average Bonchev–Trinajstić information content (AvgIpc) is 3.31. The maximum absolute atomic E-state index is 13.7. The van der Waals surface area contributed by atoms with Crippen LogP contribution in [0.2, 0.25) is 0 Å².